The predicted molar refractivity (Wildman–Crippen MR) is 83.4 cm³/mol. The molecule has 0 aliphatic rings. The van der Waals surface area contributed by atoms with Crippen molar-refractivity contribution in [2.75, 3.05) is 5.32 Å². The number of aromatic nitrogens is 3. The summed E-state index contributed by atoms with van der Waals surface area (Å²) >= 11 is 1.06. The summed E-state index contributed by atoms with van der Waals surface area (Å²) in [5.41, 5.74) is 1.61. The van der Waals surface area contributed by atoms with E-state index >= 15 is 0 Å². The minimum Gasteiger partial charge on any atom is -0.457 e. The van der Waals surface area contributed by atoms with E-state index in [-0.39, 0.29) is 5.91 Å². The van der Waals surface area contributed by atoms with E-state index in [4.69, 9.17) is 4.74 Å². The lowest BCUT2D eigenvalue weighted by Gasteiger charge is -2.10. The third kappa shape index (κ3) is 3.26. The molecule has 0 unspecified atom stereocenters. The Morgan fingerprint density at radius 2 is 2.05 bits per heavy atom. The van der Waals surface area contributed by atoms with Gasteiger partial charge < -0.3 is 10.1 Å². The van der Waals surface area contributed by atoms with Crippen LogP contribution < -0.4 is 10.1 Å². The summed E-state index contributed by atoms with van der Waals surface area (Å²) in [5, 5.41) is 6.45. The van der Waals surface area contributed by atoms with Gasteiger partial charge in [0.15, 0.2) is 0 Å². The molecule has 1 amide bonds. The molecule has 6 nitrogen and oxygen atoms in total. The molecule has 2 heterocycles. The van der Waals surface area contributed by atoms with Crippen molar-refractivity contribution in [2.24, 2.45) is 0 Å². The van der Waals surface area contributed by atoms with E-state index in [1.807, 2.05) is 19.1 Å². The Morgan fingerprint density at radius 3 is 2.73 bits per heavy atom. The summed E-state index contributed by atoms with van der Waals surface area (Å²) in [4.78, 5) is 16.4. The fraction of sp³-hybridized carbons (Fsp3) is 0.0667. The second-order valence-corrected chi connectivity index (χ2v) is 5.29. The number of hydrogen-bond acceptors (Lipinski definition) is 6. The second kappa shape index (κ2) is 6.31. The number of benzene rings is 1. The summed E-state index contributed by atoms with van der Waals surface area (Å²) in [7, 11) is 0. The zero-order chi connectivity index (χ0) is 15.4. The highest BCUT2D eigenvalue weighted by Gasteiger charge is 2.10. The SMILES string of the molecule is Cc1cc(NC(=O)c2cnns2)ccc1Oc1ccncc1. The predicted octanol–water partition coefficient (Wildman–Crippen LogP) is 3.29. The molecule has 3 aromatic rings. The van der Waals surface area contributed by atoms with Gasteiger partial charge in [-0.25, -0.2) is 0 Å². The van der Waals surface area contributed by atoms with Crippen molar-refractivity contribution in [2.45, 2.75) is 6.92 Å². The maximum absolute atomic E-state index is 11.9. The number of hydrogen-bond donors (Lipinski definition) is 1. The van der Waals surface area contributed by atoms with Crippen molar-refractivity contribution in [1.29, 1.82) is 0 Å². The Bertz CT molecular complexity index is 776. The van der Waals surface area contributed by atoms with Crippen LogP contribution >= 0.6 is 11.5 Å². The van der Waals surface area contributed by atoms with Crippen molar-refractivity contribution >= 4 is 23.1 Å². The maximum atomic E-state index is 11.9. The van der Waals surface area contributed by atoms with Crippen molar-refractivity contribution in [1.82, 2.24) is 14.6 Å². The molecule has 0 atom stereocenters. The molecule has 1 aromatic carbocycles. The molecule has 0 aliphatic heterocycles. The third-order valence-electron chi connectivity index (χ3n) is 2.90. The van der Waals surface area contributed by atoms with Gasteiger partial charge in [-0.15, -0.1) is 5.10 Å². The number of carbonyl (C=O) groups excluding carboxylic acids is 1. The normalized spacial score (nSPS) is 10.2. The molecule has 0 aliphatic carbocycles. The Hall–Kier alpha value is -2.80. The number of carbonyl (C=O) groups is 1. The highest BCUT2D eigenvalue weighted by Crippen LogP contribution is 2.27. The summed E-state index contributed by atoms with van der Waals surface area (Å²) in [6.07, 6.45) is 4.78. The van der Waals surface area contributed by atoms with Crippen LogP contribution in [0.1, 0.15) is 15.2 Å². The fourth-order valence-electron chi connectivity index (χ4n) is 1.83. The van der Waals surface area contributed by atoms with Gasteiger partial charge in [-0.3, -0.25) is 9.78 Å². The van der Waals surface area contributed by atoms with E-state index in [9.17, 15) is 4.79 Å². The summed E-state index contributed by atoms with van der Waals surface area (Å²) in [6, 6.07) is 9.02. The van der Waals surface area contributed by atoms with Crippen LogP contribution in [0.25, 0.3) is 0 Å². The molecule has 0 saturated carbocycles. The van der Waals surface area contributed by atoms with Crippen LogP contribution in [0.3, 0.4) is 0 Å². The van der Waals surface area contributed by atoms with Crippen molar-refractivity contribution < 1.29 is 9.53 Å². The minimum absolute atomic E-state index is 0.225. The van der Waals surface area contributed by atoms with Gasteiger partial charge in [-0.2, -0.15) is 0 Å². The largest absolute Gasteiger partial charge is 0.457 e. The van der Waals surface area contributed by atoms with E-state index in [2.05, 4.69) is 19.9 Å². The average Bonchev–Trinajstić information content (AvgIpc) is 3.05. The van der Waals surface area contributed by atoms with Gasteiger partial charge in [0.1, 0.15) is 16.4 Å². The van der Waals surface area contributed by atoms with Crippen molar-refractivity contribution in [3.63, 3.8) is 0 Å². The first-order valence-corrected chi connectivity index (χ1v) is 7.27. The lowest BCUT2D eigenvalue weighted by Crippen LogP contribution is -2.10. The Balaban J connectivity index is 1.73. The van der Waals surface area contributed by atoms with E-state index in [0.29, 0.717) is 16.3 Å². The van der Waals surface area contributed by atoms with Crippen LogP contribution in [-0.4, -0.2) is 20.5 Å². The first-order chi connectivity index (χ1) is 10.7. The van der Waals surface area contributed by atoms with Crippen LogP contribution in [0.4, 0.5) is 5.69 Å². The first-order valence-electron chi connectivity index (χ1n) is 6.49. The summed E-state index contributed by atoms with van der Waals surface area (Å²) < 4.78 is 9.44. The zero-order valence-electron chi connectivity index (χ0n) is 11.7. The summed E-state index contributed by atoms with van der Waals surface area (Å²) in [5.74, 6) is 1.21. The van der Waals surface area contributed by atoms with E-state index in [1.54, 1.807) is 30.6 Å². The van der Waals surface area contributed by atoms with E-state index in [0.717, 1.165) is 22.8 Å². The summed E-state index contributed by atoms with van der Waals surface area (Å²) in [6.45, 7) is 1.92. The molecule has 1 N–H and O–H groups in total. The number of nitrogens with one attached hydrogen (secondary N) is 1. The molecule has 3 rings (SSSR count). The standard InChI is InChI=1S/C15H12N4O2S/c1-10-8-11(18-15(20)14-9-17-19-22-14)2-3-13(10)21-12-4-6-16-7-5-12/h2-9H,1H3,(H,18,20). The minimum atomic E-state index is -0.225. The Morgan fingerprint density at radius 1 is 1.23 bits per heavy atom. The molecule has 0 saturated heterocycles. The first kappa shape index (κ1) is 14.2. The van der Waals surface area contributed by atoms with Crippen LogP contribution in [-0.2, 0) is 0 Å². The van der Waals surface area contributed by atoms with Gasteiger partial charge >= 0.3 is 0 Å². The quantitative estimate of drug-likeness (QED) is 0.800. The number of nitrogens with zero attached hydrogens (tertiary/aromatic N) is 3. The highest BCUT2D eigenvalue weighted by atomic mass is 32.1. The topological polar surface area (TPSA) is 77.0 Å². The number of rotatable bonds is 4. The van der Waals surface area contributed by atoms with Gasteiger partial charge in [0.2, 0.25) is 0 Å². The number of ether oxygens (including phenoxy) is 1. The molecular formula is C15H12N4O2S. The number of amides is 1. The lowest BCUT2D eigenvalue weighted by atomic mass is 10.2. The van der Waals surface area contributed by atoms with Gasteiger partial charge in [0, 0.05) is 18.1 Å². The molecule has 7 heteroatoms. The smallest absolute Gasteiger partial charge is 0.269 e. The number of anilines is 1. The van der Waals surface area contributed by atoms with E-state index < -0.39 is 0 Å². The molecule has 110 valence electrons. The van der Waals surface area contributed by atoms with Gasteiger partial charge in [-0.1, -0.05) is 4.49 Å². The van der Waals surface area contributed by atoms with Crippen molar-refractivity contribution in [3.05, 3.63) is 59.4 Å². The molecule has 0 radical (unpaired) electrons. The molecule has 0 bridgehead atoms. The lowest BCUT2D eigenvalue weighted by molar-refractivity contribution is 0.103. The van der Waals surface area contributed by atoms with Crippen molar-refractivity contribution in [3.8, 4) is 11.5 Å². The highest BCUT2D eigenvalue weighted by molar-refractivity contribution is 7.07. The van der Waals surface area contributed by atoms with Crippen LogP contribution in [0.5, 0.6) is 11.5 Å². The molecule has 0 spiro atoms. The third-order valence-corrected chi connectivity index (χ3v) is 3.56. The van der Waals surface area contributed by atoms with Gasteiger partial charge in [-0.05, 0) is 54.4 Å². The van der Waals surface area contributed by atoms with Gasteiger partial charge in [0.05, 0.1) is 6.20 Å². The fourth-order valence-corrected chi connectivity index (χ4v) is 2.25. The van der Waals surface area contributed by atoms with Crippen LogP contribution in [0, 0.1) is 6.92 Å². The monoisotopic (exact) mass is 312 g/mol. The number of pyridine rings is 1. The number of aryl methyl sites for hydroxylation is 1. The Kier molecular flexibility index (Phi) is 4.06. The molecule has 22 heavy (non-hydrogen) atoms. The maximum Gasteiger partial charge on any atom is 0.269 e. The average molecular weight is 312 g/mol. The molecule has 0 fully saturated rings. The Labute approximate surface area is 131 Å². The molecular weight excluding hydrogens is 300 g/mol. The van der Waals surface area contributed by atoms with Crippen LogP contribution in [0.15, 0.2) is 48.9 Å². The second-order valence-electron chi connectivity index (χ2n) is 4.50. The molecule has 2 aromatic heterocycles. The van der Waals surface area contributed by atoms with Gasteiger partial charge in [0.25, 0.3) is 5.91 Å². The van der Waals surface area contributed by atoms with Crippen LogP contribution in [0.2, 0.25) is 0 Å². The van der Waals surface area contributed by atoms with E-state index in [1.165, 1.54) is 6.20 Å². The zero-order valence-corrected chi connectivity index (χ0v) is 12.5.